The second kappa shape index (κ2) is 6.67. The van der Waals surface area contributed by atoms with Gasteiger partial charge in [0.05, 0.1) is 5.54 Å². The number of hydrogen-bond acceptors (Lipinski definition) is 2. The molecular weight excluding hydrogens is 340 g/mol. The van der Waals surface area contributed by atoms with Crippen molar-refractivity contribution in [2.24, 2.45) is 0 Å². The van der Waals surface area contributed by atoms with Crippen LogP contribution >= 0.6 is 11.6 Å². The van der Waals surface area contributed by atoms with Crippen LogP contribution in [0.4, 0.5) is 0 Å². The second-order valence-electron chi connectivity index (χ2n) is 8.15. The van der Waals surface area contributed by atoms with Crippen molar-refractivity contribution in [3.63, 3.8) is 0 Å². The van der Waals surface area contributed by atoms with E-state index in [1.807, 2.05) is 0 Å². The minimum absolute atomic E-state index is 0.00490. The van der Waals surface area contributed by atoms with Crippen molar-refractivity contribution in [2.75, 3.05) is 26.2 Å². The van der Waals surface area contributed by atoms with Crippen LogP contribution in [0.25, 0.3) is 0 Å². The Bertz CT molecular complexity index is 781. The van der Waals surface area contributed by atoms with Crippen molar-refractivity contribution in [1.29, 1.82) is 0 Å². The van der Waals surface area contributed by atoms with Gasteiger partial charge in [-0.3, -0.25) is 4.90 Å². The number of hydrogen-bond donors (Lipinski definition) is 0. The smallest absolute Gasteiger partial charge is 0.0733 e. The Morgan fingerprint density at radius 2 is 1.65 bits per heavy atom. The van der Waals surface area contributed by atoms with E-state index < -0.39 is 0 Å². The van der Waals surface area contributed by atoms with E-state index in [2.05, 4.69) is 58.3 Å². The van der Waals surface area contributed by atoms with Crippen LogP contribution in [0.15, 0.2) is 48.5 Å². The molecule has 2 nitrogen and oxygen atoms in total. The molecule has 2 fully saturated rings. The fraction of sp³-hybridized carbons (Fsp3) is 0.478. The summed E-state index contributed by atoms with van der Waals surface area (Å²) in [6, 6.07) is 18.5. The summed E-state index contributed by atoms with van der Waals surface area (Å²) in [7, 11) is 0. The largest absolute Gasteiger partial charge is 0.300 e. The van der Waals surface area contributed by atoms with E-state index in [0.29, 0.717) is 6.04 Å². The van der Waals surface area contributed by atoms with Gasteiger partial charge in [-0.05, 0) is 74.0 Å². The Morgan fingerprint density at radius 1 is 0.885 bits per heavy atom. The van der Waals surface area contributed by atoms with Gasteiger partial charge in [-0.15, -0.1) is 0 Å². The van der Waals surface area contributed by atoms with E-state index >= 15 is 0 Å². The van der Waals surface area contributed by atoms with Crippen molar-refractivity contribution >= 4 is 11.6 Å². The average Bonchev–Trinajstić information content (AvgIpc) is 3.23. The lowest BCUT2D eigenvalue weighted by molar-refractivity contribution is 0.0174. The molecule has 2 aromatic rings. The molecule has 0 spiro atoms. The van der Waals surface area contributed by atoms with E-state index in [9.17, 15) is 0 Å². The van der Waals surface area contributed by atoms with Crippen LogP contribution in [0, 0.1) is 0 Å². The number of likely N-dealkylation sites (tertiary alicyclic amines) is 1. The van der Waals surface area contributed by atoms with Gasteiger partial charge in [0, 0.05) is 24.2 Å². The van der Waals surface area contributed by atoms with E-state index in [-0.39, 0.29) is 5.54 Å². The Labute approximate surface area is 161 Å². The maximum absolute atomic E-state index is 6.23. The van der Waals surface area contributed by atoms with Crippen molar-refractivity contribution in [3.8, 4) is 0 Å². The third-order valence-corrected chi connectivity index (χ3v) is 7.15. The molecule has 0 bridgehead atoms. The molecule has 26 heavy (non-hydrogen) atoms. The zero-order valence-electron chi connectivity index (χ0n) is 15.3. The molecule has 2 saturated heterocycles. The van der Waals surface area contributed by atoms with Gasteiger partial charge in [0.25, 0.3) is 0 Å². The maximum atomic E-state index is 6.23. The quantitative estimate of drug-likeness (QED) is 0.760. The monoisotopic (exact) mass is 366 g/mol. The molecule has 0 amide bonds. The predicted molar refractivity (Wildman–Crippen MR) is 108 cm³/mol. The van der Waals surface area contributed by atoms with Crippen LogP contribution in [0.5, 0.6) is 0 Å². The standard InChI is InChI=1S/C23H27ClN2/c24-20-9-7-19(8-10-20)23-17-21(25-13-3-4-14-25)12-16-26(23)15-11-18-5-1-2-6-22(18)23/h1-2,5-10,21H,3-4,11-17H2. The summed E-state index contributed by atoms with van der Waals surface area (Å²) in [5, 5.41) is 0.827. The first-order valence-electron chi connectivity index (χ1n) is 10.1. The zero-order chi connectivity index (χ0) is 17.6. The summed E-state index contributed by atoms with van der Waals surface area (Å²) < 4.78 is 0. The summed E-state index contributed by atoms with van der Waals surface area (Å²) in [5.41, 5.74) is 4.47. The van der Waals surface area contributed by atoms with Crippen LogP contribution < -0.4 is 0 Å². The van der Waals surface area contributed by atoms with E-state index in [0.717, 1.165) is 11.6 Å². The minimum Gasteiger partial charge on any atom is -0.300 e. The SMILES string of the molecule is Clc1ccc(C23CC(N4CCCC4)CCN2CCc2ccccc23)cc1. The van der Waals surface area contributed by atoms with Crippen molar-refractivity contribution < 1.29 is 0 Å². The first-order valence-corrected chi connectivity index (χ1v) is 10.5. The lowest BCUT2D eigenvalue weighted by atomic mass is 9.69. The molecule has 0 radical (unpaired) electrons. The van der Waals surface area contributed by atoms with E-state index in [1.54, 1.807) is 0 Å². The molecule has 0 saturated carbocycles. The van der Waals surface area contributed by atoms with Crippen LogP contribution in [-0.4, -0.2) is 42.0 Å². The summed E-state index contributed by atoms with van der Waals surface area (Å²) in [5.74, 6) is 0. The highest BCUT2D eigenvalue weighted by Gasteiger charge is 2.48. The van der Waals surface area contributed by atoms with Gasteiger partial charge >= 0.3 is 0 Å². The molecule has 136 valence electrons. The van der Waals surface area contributed by atoms with Gasteiger partial charge in [0.15, 0.2) is 0 Å². The van der Waals surface area contributed by atoms with Crippen LogP contribution in [0.3, 0.4) is 0 Å². The second-order valence-corrected chi connectivity index (χ2v) is 8.59. The maximum Gasteiger partial charge on any atom is 0.0733 e. The molecule has 0 aromatic heterocycles. The number of benzene rings is 2. The molecule has 3 heterocycles. The summed E-state index contributed by atoms with van der Waals surface area (Å²) in [6.45, 7) is 4.91. The topological polar surface area (TPSA) is 6.48 Å². The Hall–Kier alpha value is -1.35. The molecule has 0 aliphatic carbocycles. The van der Waals surface area contributed by atoms with Crippen molar-refractivity contribution in [3.05, 3.63) is 70.2 Å². The first kappa shape index (κ1) is 16.8. The average molecular weight is 367 g/mol. The highest BCUT2D eigenvalue weighted by atomic mass is 35.5. The normalized spacial score (nSPS) is 29.3. The molecule has 2 aromatic carbocycles. The fourth-order valence-corrected chi connectivity index (χ4v) is 5.77. The van der Waals surface area contributed by atoms with Gasteiger partial charge in [0.2, 0.25) is 0 Å². The Balaban J connectivity index is 1.64. The Kier molecular flexibility index (Phi) is 4.31. The summed E-state index contributed by atoms with van der Waals surface area (Å²) in [4.78, 5) is 5.51. The molecule has 3 aliphatic rings. The van der Waals surface area contributed by atoms with E-state index in [4.69, 9.17) is 11.6 Å². The van der Waals surface area contributed by atoms with Crippen molar-refractivity contribution in [2.45, 2.75) is 43.7 Å². The van der Waals surface area contributed by atoms with Crippen LogP contribution in [-0.2, 0) is 12.0 Å². The predicted octanol–water partition coefficient (Wildman–Crippen LogP) is 4.70. The van der Waals surface area contributed by atoms with Crippen molar-refractivity contribution in [1.82, 2.24) is 9.80 Å². The summed E-state index contributed by atoms with van der Waals surface area (Å²) in [6.07, 6.45) is 6.40. The highest BCUT2D eigenvalue weighted by molar-refractivity contribution is 6.30. The Morgan fingerprint density at radius 3 is 2.46 bits per heavy atom. The van der Waals surface area contributed by atoms with Gasteiger partial charge in [-0.1, -0.05) is 48.0 Å². The lowest BCUT2D eigenvalue weighted by Gasteiger charge is -2.55. The number of halogens is 1. The molecule has 2 unspecified atom stereocenters. The van der Waals surface area contributed by atoms with Gasteiger partial charge in [-0.2, -0.15) is 0 Å². The number of rotatable bonds is 2. The molecule has 5 rings (SSSR count). The third-order valence-electron chi connectivity index (χ3n) is 6.90. The number of piperidine rings is 1. The zero-order valence-corrected chi connectivity index (χ0v) is 16.1. The van der Waals surface area contributed by atoms with Gasteiger partial charge < -0.3 is 4.90 Å². The molecule has 0 N–H and O–H groups in total. The summed E-state index contributed by atoms with van der Waals surface area (Å²) >= 11 is 6.23. The van der Waals surface area contributed by atoms with Gasteiger partial charge in [0.1, 0.15) is 0 Å². The van der Waals surface area contributed by atoms with Crippen LogP contribution in [0.1, 0.15) is 42.4 Å². The fourth-order valence-electron chi connectivity index (χ4n) is 5.65. The number of nitrogens with zero attached hydrogens (tertiary/aromatic N) is 2. The highest BCUT2D eigenvalue weighted by Crippen LogP contribution is 2.48. The third kappa shape index (κ3) is 2.62. The molecule has 2 atom stereocenters. The molecular formula is C23H27ClN2. The lowest BCUT2D eigenvalue weighted by Crippen LogP contribution is -2.59. The van der Waals surface area contributed by atoms with E-state index in [1.165, 1.54) is 68.4 Å². The van der Waals surface area contributed by atoms with Gasteiger partial charge in [-0.25, -0.2) is 0 Å². The first-order chi connectivity index (χ1) is 12.8. The van der Waals surface area contributed by atoms with Crippen LogP contribution in [0.2, 0.25) is 5.02 Å². The number of fused-ring (bicyclic) bond motifs is 3. The molecule has 3 heteroatoms. The minimum atomic E-state index is 0.00490. The molecule has 3 aliphatic heterocycles.